The van der Waals surface area contributed by atoms with Crippen LogP contribution in [-0.2, 0) is 6.42 Å². The van der Waals surface area contributed by atoms with Crippen molar-refractivity contribution in [3.05, 3.63) is 58.9 Å². The van der Waals surface area contributed by atoms with E-state index in [9.17, 15) is 4.39 Å². The highest BCUT2D eigenvalue weighted by atomic mass is 35.5. The number of benzene rings is 2. The van der Waals surface area contributed by atoms with Gasteiger partial charge in [0.05, 0.1) is 10.2 Å². The Labute approximate surface area is 125 Å². The molecule has 20 heavy (non-hydrogen) atoms. The van der Waals surface area contributed by atoms with Gasteiger partial charge >= 0.3 is 0 Å². The number of anilines is 1. The zero-order chi connectivity index (χ0) is 13.9. The molecule has 5 heteroatoms. The van der Waals surface area contributed by atoms with Crippen molar-refractivity contribution in [3.8, 4) is 0 Å². The zero-order valence-corrected chi connectivity index (χ0v) is 12.1. The molecular weight excluding hydrogens is 295 g/mol. The topological polar surface area (TPSA) is 24.9 Å². The van der Waals surface area contributed by atoms with Gasteiger partial charge in [-0.1, -0.05) is 35.1 Å². The van der Waals surface area contributed by atoms with Crippen LogP contribution in [0.5, 0.6) is 0 Å². The third-order valence-corrected chi connectivity index (χ3v) is 4.18. The number of halogens is 2. The van der Waals surface area contributed by atoms with Gasteiger partial charge in [0.2, 0.25) is 0 Å². The minimum atomic E-state index is -0.228. The quantitative estimate of drug-likeness (QED) is 0.753. The van der Waals surface area contributed by atoms with Crippen LogP contribution in [-0.4, -0.2) is 11.5 Å². The molecule has 102 valence electrons. The van der Waals surface area contributed by atoms with Crippen molar-refractivity contribution in [2.75, 3.05) is 11.9 Å². The predicted octanol–water partition coefficient (Wildman–Crippen LogP) is 4.74. The molecule has 3 aromatic rings. The molecule has 0 aliphatic rings. The summed E-state index contributed by atoms with van der Waals surface area (Å²) in [6, 6.07) is 12.4. The third kappa shape index (κ3) is 3.08. The number of hydrogen-bond donors (Lipinski definition) is 1. The number of aromatic nitrogens is 1. The lowest BCUT2D eigenvalue weighted by molar-refractivity contribution is 0.630. The first-order chi connectivity index (χ1) is 9.70. The number of hydrogen-bond acceptors (Lipinski definition) is 3. The van der Waals surface area contributed by atoms with Gasteiger partial charge in [-0.05, 0) is 42.3 Å². The summed E-state index contributed by atoms with van der Waals surface area (Å²) in [5.41, 5.74) is 2.04. The van der Waals surface area contributed by atoms with E-state index < -0.39 is 0 Å². The monoisotopic (exact) mass is 306 g/mol. The van der Waals surface area contributed by atoms with E-state index >= 15 is 0 Å². The van der Waals surface area contributed by atoms with E-state index in [4.69, 9.17) is 11.6 Å². The highest BCUT2D eigenvalue weighted by Crippen LogP contribution is 2.26. The van der Waals surface area contributed by atoms with Gasteiger partial charge in [0, 0.05) is 11.6 Å². The first-order valence-electron chi connectivity index (χ1n) is 6.25. The summed E-state index contributed by atoms with van der Waals surface area (Å²) < 4.78 is 14.0. The second-order valence-electron chi connectivity index (χ2n) is 4.43. The van der Waals surface area contributed by atoms with E-state index in [-0.39, 0.29) is 5.82 Å². The van der Waals surface area contributed by atoms with Gasteiger partial charge in [-0.25, -0.2) is 9.37 Å². The molecule has 0 atom stereocenters. The lowest BCUT2D eigenvalue weighted by atomic mass is 10.1. The molecule has 0 aliphatic carbocycles. The third-order valence-electron chi connectivity index (χ3n) is 2.95. The van der Waals surface area contributed by atoms with Crippen LogP contribution in [0.15, 0.2) is 42.5 Å². The van der Waals surface area contributed by atoms with E-state index in [1.54, 1.807) is 6.07 Å². The molecule has 0 saturated carbocycles. The van der Waals surface area contributed by atoms with E-state index in [1.807, 2.05) is 24.3 Å². The Balaban J connectivity index is 1.63. The average molecular weight is 307 g/mol. The first kappa shape index (κ1) is 13.3. The molecule has 0 amide bonds. The Hall–Kier alpha value is -1.65. The maximum Gasteiger partial charge on any atom is 0.183 e. The minimum absolute atomic E-state index is 0.228. The maximum absolute atomic E-state index is 13.1. The molecule has 3 rings (SSSR count). The molecule has 0 radical (unpaired) electrons. The molecule has 0 saturated heterocycles. The van der Waals surface area contributed by atoms with Crippen LogP contribution in [0.4, 0.5) is 9.52 Å². The fourth-order valence-corrected chi connectivity index (χ4v) is 2.98. The van der Waals surface area contributed by atoms with Gasteiger partial charge in [-0.3, -0.25) is 0 Å². The van der Waals surface area contributed by atoms with Crippen LogP contribution < -0.4 is 5.32 Å². The molecule has 0 unspecified atom stereocenters. The molecule has 1 aromatic heterocycles. The Morgan fingerprint density at radius 2 is 1.95 bits per heavy atom. The van der Waals surface area contributed by atoms with Crippen molar-refractivity contribution in [2.45, 2.75) is 6.42 Å². The summed E-state index contributed by atoms with van der Waals surface area (Å²) in [4.78, 5) is 4.42. The SMILES string of the molecule is Fc1ccc2nc(NCCc3ccc(Cl)cc3)sc2c1. The molecule has 0 bridgehead atoms. The summed E-state index contributed by atoms with van der Waals surface area (Å²) in [5.74, 6) is -0.228. The van der Waals surface area contributed by atoms with Crippen molar-refractivity contribution < 1.29 is 4.39 Å². The van der Waals surface area contributed by atoms with Crippen LogP contribution >= 0.6 is 22.9 Å². The standard InChI is InChI=1S/C15H12ClFN2S/c16-11-3-1-10(2-4-11)7-8-18-15-19-13-6-5-12(17)9-14(13)20-15/h1-6,9H,7-8H2,(H,18,19). The normalized spacial score (nSPS) is 10.9. The van der Waals surface area contributed by atoms with E-state index in [2.05, 4.69) is 10.3 Å². The lowest BCUT2D eigenvalue weighted by Crippen LogP contribution is -2.04. The number of fused-ring (bicyclic) bond motifs is 1. The van der Waals surface area contributed by atoms with Gasteiger partial charge < -0.3 is 5.32 Å². The Morgan fingerprint density at radius 3 is 2.75 bits per heavy atom. The molecule has 1 N–H and O–H groups in total. The van der Waals surface area contributed by atoms with Crippen LogP contribution in [0.2, 0.25) is 5.02 Å². The van der Waals surface area contributed by atoms with E-state index in [0.29, 0.717) is 0 Å². The Bertz CT molecular complexity index is 724. The first-order valence-corrected chi connectivity index (χ1v) is 7.44. The van der Waals surface area contributed by atoms with Crippen molar-refractivity contribution >= 4 is 38.3 Å². The van der Waals surface area contributed by atoms with Crippen LogP contribution in [0, 0.1) is 5.82 Å². The Morgan fingerprint density at radius 1 is 1.15 bits per heavy atom. The summed E-state index contributed by atoms with van der Waals surface area (Å²) in [5, 5.41) is 4.83. The van der Waals surface area contributed by atoms with Crippen LogP contribution in [0.1, 0.15) is 5.56 Å². The number of nitrogens with one attached hydrogen (secondary N) is 1. The van der Waals surface area contributed by atoms with E-state index in [0.717, 1.165) is 33.3 Å². The average Bonchev–Trinajstić information content (AvgIpc) is 2.83. The van der Waals surface area contributed by atoms with Crippen LogP contribution in [0.25, 0.3) is 10.2 Å². The summed E-state index contributed by atoms with van der Waals surface area (Å²) >= 11 is 7.31. The van der Waals surface area contributed by atoms with Gasteiger partial charge in [0.15, 0.2) is 5.13 Å². The zero-order valence-electron chi connectivity index (χ0n) is 10.6. The highest BCUT2D eigenvalue weighted by Gasteiger charge is 2.04. The molecular formula is C15H12ClFN2S. The fraction of sp³-hybridized carbons (Fsp3) is 0.133. The number of thiazole rings is 1. The van der Waals surface area contributed by atoms with E-state index in [1.165, 1.54) is 29.0 Å². The lowest BCUT2D eigenvalue weighted by Gasteiger charge is -2.02. The molecule has 0 spiro atoms. The van der Waals surface area contributed by atoms with Gasteiger partial charge in [-0.15, -0.1) is 0 Å². The van der Waals surface area contributed by atoms with Crippen molar-refractivity contribution in [2.24, 2.45) is 0 Å². The van der Waals surface area contributed by atoms with Crippen LogP contribution in [0.3, 0.4) is 0 Å². The van der Waals surface area contributed by atoms with Gasteiger partial charge in [0.25, 0.3) is 0 Å². The van der Waals surface area contributed by atoms with Crippen molar-refractivity contribution in [3.63, 3.8) is 0 Å². The second-order valence-corrected chi connectivity index (χ2v) is 5.90. The predicted molar refractivity (Wildman–Crippen MR) is 83.2 cm³/mol. The summed E-state index contributed by atoms with van der Waals surface area (Å²) in [6.45, 7) is 0.782. The largest absolute Gasteiger partial charge is 0.361 e. The highest BCUT2D eigenvalue weighted by molar-refractivity contribution is 7.22. The maximum atomic E-state index is 13.1. The number of nitrogens with zero attached hydrogens (tertiary/aromatic N) is 1. The molecule has 0 fully saturated rings. The van der Waals surface area contributed by atoms with Crippen molar-refractivity contribution in [1.29, 1.82) is 0 Å². The summed E-state index contributed by atoms with van der Waals surface area (Å²) in [6.07, 6.45) is 0.890. The second kappa shape index (κ2) is 5.77. The molecule has 2 aromatic carbocycles. The van der Waals surface area contributed by atoms with Crippen molar-refractivity contribution in [1.82, 2.24) is 4.98 Å². The molecule has 0 aliphatic heterocycles. The summed E-state index contributed by atoms with van der Waals surface area (Å²) in [7, 11) is 0. The fourth-order valence-electron chi connectivity index (χ4n) is 1.94. The van der Waals surface area contributed by atoms with Gasteiger partial charge in [0.1, 0.15) is 5.82 Å². The Kier molecular flexibility index (Phi) is 3.85. The minimum Gasteiger partial charge on any atom is -0.361 e. The van der Waals surface area contributed by atoms with Gasteiger partial charge in [-0.2, -0.15) is 0 Å². The smallest absolute Gasteiger partial charge is 0.183 e. The molecule has 2 nitrogen and oxygen atoms in total. The number of rotatable bonds is 4. The molecule has 1 heterocycles.